The van der Waals surface area contributed by atoms with Crippen LogP contribution in [0.4, 0.5) is 21.6 Å². The van der Waals surface area contributed by atoms with Gasteiger partial charge in [-0.2, -0.15) is 0 Å². The van der Waals surface area contributed by atoms with Crippen LogP contribution < -0.4 is 10.6 Å². The van der Waals surface area contributed by atoms with Crippen molar-refractivity contribution in [1.29, 1.82) is 0 Å². The zero-order valence-electron chi connectivity index (χ0n) is 10.9. The lowest BCUT2D eigenvalue weighted by molar-refractivity contribution is 0.628. The third-order valence-corrected chi connectivity index (χ3v) is 3.15. The van der Waals surface area contributed by atoms with Gasteiger partial charge in [0.2, 0.25) is 0 Å². The molecule has 0 atom stereocenters. The molecule has 0 bridgehead atoms. The van der Waals surface area contributed by atoms with Crippen LogP contribution in [0.5, 0.6) is 0 Å². The molecule has 20 heavy (non-hydrogen) atoms. The highest BCUT2D eigenvalue weighted by molar-refractivity contribution is 5.93. The summed E-state index contributed by atoms with van der Waals surface area (Å²) >= 11 is 0. The second-order valence-corrected chi connectivity index (χ2v) is 4.51. The molecule has 0 saturated heterocycles. The Morgan fingerprint density at radius 3 is 2.75 bits per heavy atom. The standard InChI is InChI=1S/C15H13FN4/c1-20(12-4-2-3-10(16)7-12)15-13-8-11(17)5-6-14(13)18-9-19-15/h2-9H,17H2,1H3. The van der Waals surface area contributed by atoms with Gasteiger partial charge in [0.05, 0.1) is 5.52 Å². The summed E-state index contributed by atoms with van der Waals surface area (Å²) in [7, 11) is 1.83. The lowest BCUT2D eigenvalue weighted by Gasteiger charge is -2.19. The maximum atomic E-state index is 13.3. The van der Waals surface area contributed by atoms with E-state index in [-0.39, 0.29) is 5.82 Å². The molecule has 0 fully saturated rings. The zero-order valence-corrected chi connectivity index (χ0v) is 10.9. The highest BCUT2D eigenvalue weighted by Crippen LogP contribution is 2.29. The van der Waals surface area contributed by atoms with Crippen LogP contribution in [0.2, 0.25) is 0 Å². The molecular weight excluding hydrogens is 255 g/mol. The average molecular weight is 268 g/mol. The summed E-state index contributed by atoms with van der Waals surface area (Å²) in [6, 6.07) is 11.8. The third kappa shape index (κ3) is 2.14. The Labute approximate surface area is 115 Å². The van der Waals surface area contributed by atoms with Crippen molar-refractivity contribution in [3.05, 3.63) is 54.6 Å². The molecule has 3 rings (SSSR count). The minimum Gasteiger partial charge on any atom is -0.399 e. The van der Waals surface area contributed by atoms with Gasteiger partial charge in [0.15, 0.2) is 0 Å². The van der Waals surface area contributed by atoms with Gasteiger partial charge in [-0.3, -0.25) is 0 Å². The van der Waals surface area contributed by atoms with E-state index in [1.807, 2.05) is 30.1 Å². The van der Waals surface area contributed by atoms with Crippen molar-refractivity contribution in [2.45, 2.75) is 0 Å². The summed E-state index contributed by atoms with van der Waals surface area (Å²) in [6.45, 7) is 0. The van der Waals surface area contributed by atoms with Crippen LogP contribution in [-0.2, 0) is 0 Å². The smallest absolute Gasteiger partial charge is 0.144 e. The van der Waals surface area contributed by atoms with Gasteiger partial charge in [0, 0.05) is 23.8 Å². The molecule has 0 aliphatic carbocycles. The van der Waals surface area contributed by atoms with Gasteiger partial charge in [0.25, 0.3) is 0 Å². The maximum Gasteiger partial charge on any atom is 0.144 e. The molecule has 0 saturated carbocycles. The van der Waals surface area contributed by atoms with Crippen molar-refractivity contribution in [2.24, 2.45) is 0 Å². The largest absolute Gasteiger partial charge is 0.399 e. The first-order valence-electron chi connectivity index (χ1n) is 6.15. The first-order valence-corrected chi connectivity index (χ1v) is 6.15. The Morgan fingerprint density at radius 2 is 1.95 bits per heavy atom. The van der Waals surface area contributed by atoms with E-state index in [0.717, 1.165) is 10.9 Å². The van der Waals surface area contributed by atoms with Crippen molar-refractivity contribution in [3.8, 4) is 0 Å². The normalized spacial score (nSPS) is 10.7. The van der Waals surface area contributed by atoms with Gasteiger partial charge >= 0.3 is 0 Å². The predicted octanol–water partition coefficient (Wildman–Crippen LogP) is 3.12. The molecular formula is C15H13FN4. The summed E-state index contributed by atoms with van der Waals surface area (Å²) in [4.78, 5) is 10.3. The third-order valence-electron chi connectivity index (χ3n) is 3.15. The lowest BCUT2D eigenvalue weighted by Crippen LogP contribution is -2.12. The number of hydrogen-bond acceptors (Lipinski definition) is 4. The summed E-state index contributed by atoms with van der Waals surface area (Å²) < 4.78 is 13.3. The summed E-state index contributed by atoms with van der Waals surface area (Å²) in [5, 5.41) is 0.833. The van der Waals surface area contributed by atoms with Crippen LogP contribution in [0.25, 0.3) is 10.9 Å². The predicted molar refractivity (Wildman–Crippen MR) is 78.4 cm³/mol. The molecule has 2 N–H and O–H groups in total. The van der Waals surface area contributed by atoms with E-state index in [2.05, 4.69) is 9.97 Å². The van der Waals surface area contributed by atoms with Crippen molar-refractivity contribution < 1.29 is 4.39 Å². The first kappa shape index (κ1) is 12.3. The number of anilines is 3. The molecule has 1 heterocycles. The Morgan fingerprint density at radius 1 is 1.10 bits per heavy atom. The Bertz CT molecular complexity index is 773. The number of hydrogen-bond donors (Lipinski definition) is 1. The van der Waals surface area contributed by atoms with Crippen LogP contribution in [-0.4, -0.2) is 17.0 Å². The fraction of sp³-hybridized carbons (Fsp3) is 0.0667. The zero-order chi connectivity index (χ0) is 14.1. The van der Waals surface area contributed by atoms with Crippen molar-refractivity contribution in [2.75, 3.05) is 17.7 Å². The Kier molecular flexibility index (Phi) is 2.95. The van der Waals surface area contributed by atoms with Crippen LogP contribution in [0, 0.1) is 5.82 Å². The van der Waals surface area contributed by atoms with E-state index in [1.54, 1.807) is 12.1 Å². The molecule has 0 aliphatic rings. The number of fused-ring (bicyclic) bond motifs is 1. The van der Waals surface area contributed by atoms with Crippen molar-refractivity contribution in [3.63, 3.8) is 0 Å². The molecule has 0 spiro atoms. The van der Waals surface area contributed by atoms with E-state index < -0.39 is 0 Å². The molecule has 2 aromatic carbocycles. The van der Waals surface area contributed by atoms with E-state index in [4.69, 9.17) is 5.73 Å². The van der Waals surface area contributed by atoms with Gasteiger partial charge in [0.1, 0.15) is 18.0 Å². The number of nitrogen functional groups attached to an aromatic ring is 1. The quantitative estimate of drug-likeness (QED) is 0.725. The van der Waals surface area contributed by atoms with Gasteiger partial charge in [-0.05, 0) is 36.4 Å². The molecule has 0 amide bonds. The Hall–Kier alpha value is -2.69. The van der Waals surface area contributed by atoms with E-state index in [0.29, 0.717) is 17.2 Å². The second-order valence-electron chi connectivity index (χ2n) is 4.51. The molecule has 5 heteroatoms. The van der Waals surface area contributed by atoms with Crippen LogP contribution in [0.15, 0.2) is 48.8 Å². The lowest BCUT2D eigenvalue weighted by atomic mass is 10.2. The maximum absolute atomic E-state index is 13.3. The van der Waals surface area contributed by atoms with Gasteiger partial charge in [-0.15, -0.1) is 0 Å². The molecule has 0 aliphatic heterocycles. The fourth-order valence-corrected chi connectivity index (χ4v) is 2.13. The number of rotatable bonds is 2. The number of nitrogens with zero attached hydrogens (tertiary/aromatic N) is 3. The highest BCUT2D eigenvalue weighted by atomic mass is 19.1. The molecule has 100 valence electrons. The molecule has 4 nitrogen and oxygen atoms in total. The van der Waals surface area contributed by atoms with Crippen LogP contribution >= 0.6 is 0 Å². The minimum absolute atomic E-state index is 0.285. The summed E-state index contributed by atoms with van der Waals surface area (Å²) in [5.41, 5.74) is 7.98. The number of halogens is 1. The molecule has 3 aromatic rings. The average Bonchev–Trinajstić information content (AvgIpc) is 2.46. The SMILES string of the molecule is CN(c1cccc(F)c1)c1ncnc2ccc(N)cc12. The minimum atomic E-state index is -0.285. The van der Waals surface area contributed by atoms with Gasteiger partial charge in [-0.1, -0.05) is 6.07 Å². The van der Waals surface area contributed by atoms with E-state index in [9.17, 15) is 4.39 Å². The van der Waals surface area contributed by atoms with Crippen molar-refractivity contribution >= 4 is 28.1 Å². The fourth-order valence-electron chi connectivity index (χ4n) is 2.13. The van der Waals surface area contributed by atoms with E-state index in [1.165, 1.54) is 18.5 Å². The highest BCUT2D eigenvalue weighted by Gasteiger charge is 2.11. The van der Waals surface area contributed by atoms with Gasteiger partial charge in [-0.25, -0.2) is 14.4 Å². The van der Waals surface area contributed by atoms with Gasteiger partial charge < -0.3 is 10.6 Å². The monoisotopic (exact) mass is 268 g/mol. The molecule has 1 aromatic heterocycles. The Balaban J connectivity index is 2.16. The second kappa shape index (κ2) is 4.77. The van der Waals surface area contributed by atoms with Crippen molar-refractivity contribution in [1.82, 2.24) is 9.97 Å². The number of benzene rings is 2. The molecule has 0 unspecified atom stereocenters. The van der Waals surface area contributed by atoms with E-state index >= 15 is 0 Å². The molecule has 0 radical (unpaired) electrons. The first-order chi connectivity index (χ1) is 9.65. The summed E-state index contributed by atoms with van der Waals surface area (Å²) in [6.07, 6.45) is 1.49. The van der Waals surface area contributed by atoms with Crippen LogP contribution in [0.3, 0.4) is 0 Å². The van der Waals surface area contributed by atoms with Crippen LogP contribution in [0.1, 0.15) is 0 Å². The number of nitrogens with two attached hydrogens (primary N) is 1. The topological polar surface area (TPSA) is 55.0 Å². The summed E-state index contributed by atoms with van der Waals surface area (Å²) in [5.74, 6) is 0.403. The number of aromatic nitrogens is 2.